The Bertz CT molecular complexity index is 707. The number of nitrogens with zero attached hydrogens (tertiary/aromatic N) is 3. The van der Waals surface area contributed by atoms with Crippen LogP contribution in [0.15, 0.2) is 23.6 Å². The number of carbonyl (C=O) groups excluding carboxylic acids is 2. The van der Waals surface area contributed by atoms with E-state index >= 15 is 0 Å². The van der Waals surface area contributed by atoms with Crippen molar-refractivity contribution in [1.82, 2.24) is 14.7 Å². The number of likely N-dealkylation sites (tertiary alicyclic amines) is 1. The molecule has 3 rings (SSSR count). The topological polar surface area (TPSA) is 67.2 Å². The second-order valence-corrected chi connectivity index (χ2v) is 6.54. The van der Waals surface area contributed by atoms with E-state index in [4.69, 9.17) is 0 Å². The van der Waals surface area contributed by atoms with Crippen molar-refractivity contribution in [1.29, 1.82) is 0 Å². The van der Waals surface area contributed by atoms with Gasteiger partial charge in [-0.15, -0.1) is 11.3 Å². The minimum atomic E-state index is -0.383. The van der Waals surface area contributed by atoms with E-state index in [9.17, 15) is 9.59 Å². The maximum absolute atomic E-state index is 12.6. The van der Waals surface area contributed by atoms with Crippen LogP contribution in [0.4, 0.5) is 5.82 Å². The van der Waals surface area contributed by atoms with Gasteiger partial charge in [0.2, 0.25) is 11.8 Å². The van der Waals surface area contributed by atoms with E-state index in [-0.39, 0.29) is 30.2 Å². The highest BCUT2D eigenvalue weighted by atomic mass is 32.1. The number of amides is 2. The Morgan fingerprint density at radius 3 is 2.82 bits per heavy atom. The first kappa shape index (κ1) is 14.8. The van der Waals surface area contributed by atoms with Gasteiger partial charge in [0.05, 0.1) is 17.7 Å². The number of aromatic nitrogens is 2. The molecule has 3 heterocycles. The fourth-order valence-electron chi connectivity index (χ4n) is 2.90. The Labute approximate surface area is 132 Å². The third-order valence-corrected chi connectivity index (χ3v) is 4.95. The molecular weight excluding hydrogens is 300 g/mol. The van der Waals surface area contributed by atoms with Crippen molar-refractivity contribution in [2.24, 2.45) is 13.0 Å². The highest BCUT2D eigenvalue weighted by Crippen LogP contribution is 2.39. The molecule has 0 spiro atoms. The van der Waals surface area contributed by atoms with Gasteiger partial charge in [-0.25, -0.2) is 0 Å². The van der Waals surface area contributed by atoms with Crippen LogP contribution in [0.2, 0.25) is 0 Å². The van der Waals surface area contributed by atoms with Gasteiger partial charge in [-0.2, -0.15) is 5.10 Å². The summed E-state index contributed by atoms with van der Waals surface area (Å²) in [7, 11) is 3.54. The quantitative estimate of drug-likeness (QED) is 0.940. The third-order valence-electron chi connectivity index (χ3n) is 4.01. The Morgan fingerprint density at radius 1 is 1.45 bits per heavy atom. The molecule has 2 aromatic heterocycles. The zero-order valence-electron chi connectivity index (χ0n) is 12.7. The third kappa shape index (κ3) is 2.52. The molecule has 7 heteroatoms. The molecule has 1 N–H and O–H groups in total. The Morgan fingerprint density at radius 2 is 2.23 bits per heavy atom. The summed E-state index contributed by atoms with van der Waals surface area (Å²) in [6.45, 7) is 1.87. The lowest BCUT2D eigenvalue weighted by Crippen LogP contribution is -2.30. The zero-order chi connectivity index (χ0) is 15.9. The molecule has 2 amide bonds. The second-order valence-electron chi connectivity index (χ2n) is 5.56. The van der Waals surface area contributed by atoms with E-state index < -0.39 is 0 Å². The van der Waals surface area contributed by atoms with Crippen LogP contribution in [0, 0.1) is 12.8 Å². The standard InChI is InChI=1S/C15H18N4O2S/c1-9-7-12(19(3)17-9)16-15(21)10-8-13(20)18(2)14(10)11-5-4-6-22-11/h4-7,10,14H,8H2,1-3H3,(H,16,21)/t10-,14-/m0/s1. The van der Waals surface area contributed by atoms with Gasteiger partial charge in [0, 0.05) is 31.5 Å². The number of aryl methyl sites for hydroxylation is 2. The van der Waals surface area contributed by atoms with Crippen molar-refractivity contribution >= 4 is 29.0 Å². The molecule has 0 aliphatic carbocycles. The van der Waals surface area contributed by atoms with Crippen LogP contribution >= 0.6 is 11.3 Å². The zero-order valence-corrected chi connectivity index (χ0v) is 13.6. The smallest absolute Gasteiger partial charge is 0.231 e. The van der Waals surface area contributed by atoms with Gasteiger partial charge in [-0.05, 0) is 18.4 Å². The van der Waals surface area contributed by atoms with Crippen LogP contribution in [0.25, 0.3) is 0 Å². The van der Waals surface area contributed by atoms with E-state index in [1.165, 1.54) is 0 Å². The molecule has 116 valence electrons. The minimum absolute atomic E-state index is 0.000244. The first-order valence-corrected chi connectivity index (χ1v) is 7.96. The van der Waals surface area contributed by atoms with Crippen LogP contribution in [0.1, 0.15) is 23.0 Å². The van der Waals surface area contributed by atoms with Crippen molar-refractivity contribution in [2.45, 2.75) is 19.4 Å². The van der Waals surface area contributed by atoms with Gasteiger partial charge in [0.15, 0.2) is 0 Å². The molecule has 1 aliphatic rings. The monoisotopic (exact) mass is 318 g/mol. The molecule has 22 heavy (non-hydrogen) atoms. The van der Waals surface area contributed by atoms with Gasteiger partial charge >= 0.3 is 0 Å². The Balaban J connectivity index is 1.84. The van der Waals surface area contributed by atoms with Gasteiger partial charge < -0.3 is 10.2 Å². The predicted molar refractivity (Wildman–Crippen MR) is 84.5 cm³/mol. The minimum Gasteiger partial charge on any atom is -0.337 e. The molecule has 0 bridgehead atoms. The lowest BCUT2D eigenvalue weighted by molar-refractivity contribution is -0.127. The summed E-state index contributed by atoms with van der Waals surface area (Å²) in [5.74, 6) is 0.125. The molecule has 0 radical (unpaired) electrons. The van der Waals surface area contributed by atoms with Crippen LogP contribution < -0.4 is 5.32 Å². The normalized spacial score (nSPS) is 21.4. The summed E-state index contributed by atoms with van der Waals surface area (Å²) in [5.41, 5.74) is 0.840. The summed E-state index contributed by atoms with van der Waals surface area (Å²) in [6.07, 6.45) is 0.238. The molecular formula is C15H18N4O2S. The summed E-state index contributed by atoms with van der Waals surface area (Å²) < 4.78 is 1.63. The van der Waals surface area contributed by atoms with E-state index in [1.54, 1.807) is 35.0 Å². The fraction of sp³-hybridized carbons (Fsp3) is 0.400. The molecule has 1 saturated heterocycles. The van der Waals surface area contributed by atoms with Gasteiger partial charge in [0.25, 0.3) is 0 Å². The lowest BCUT2D eigenvalue weighted by atomic mass is 9.98. The molecule has 0 unspecified atom stereocenters. The summed E-state index contributed by atoms with van der Waals surface area (Å²) >= 11 is 1.57. The van der Waals surface area contributed by atoms with Gasteiger partial charge in [-0.1, -0.05) is 6.07 Å². The molecule has 0 aromatic carbocycles. The molecule has 6 nitrogen and oxygen atoms in total. The van der Waals surface area contributed by atoms with E-state index in [0.29, 0.717) is 5.82 Å². The van der Waals surface area contributed by atoms with Crippen LogP contribution in [0.3, 0.4) is 0 Å². The number of anilines is 1. The molecule has 0 saturated carbocycles. The first-order chi connectivity index (χ1) is 10.5. The summed E-state index contributed by atoms with van der Waals surface area (Å²) in [6, 6.07) is 5.54. The highest BCUT2D eigenvalue weighted by Gasteiger charge is 2.43. The predicted octanol–water partition coefficient (Wildman–Crippen LogP) is 1.95. The van der Waals surface area contributed by atoms with Crippen molar-refractivity contribution in [3.05, 3.63) is 34.2 Å². The van der Waals surface area contributed by atoms with Crippen LogP contribution in [-0.4, -0.2) is 33.5 Å². The molecule has 1 fully saturated rings. The summed E-state index contributed by atoms with van der Waals surface area (Å²) in [4.78, 5) is 27.4. The number of hydrogen-bond donors (Lipinski definition) is 1. The number of nitrogens with one attached hydrogen (secondary N) is 1. The number of rotatable bonds is 3. The molecule has 1 aliphatic heterocycles. The fourth-order valence-corrected chi connectivity index (χ4v) is 3.83. The number of hydrogen-bond acceptors (Lipinski definition) is 4. The number of carbonyl (C=O) groups is 2. The second kappa shape index (κ2) is 5.57. The van der Waals surface area contributed by atoms with Crippen molar-refractivity contribution in [3.63, 3.8) is 0 Å². The average molecular weight is 318 g/mol. The average Bonchev–Trinajstić information content (AvgIpc) is 3.13. The van der Waals surface area contributed by atoms with Gasteiger partial charge in [-0.3, -0.25) is 14.3 Å². The summed E-state index contributed by atoms with van der Waals surface area (Å²) in [5, 5.41) is 9.07. The van der Waals surface area contributed by atoms with Crippen molar-refractivity contribution in [2.75, 3.05) is 12.4 Å². The number of thiophene rings is 1. The van der Waals surface area contributed by atoms with E-state index in [0.717, 1.165) is 10.6 Å². The maximum Gasteiger partial charge on any atom is 0.231 e. The van der Waals surface area contributed by atoms with E-state index in [1.807, 2.05) is 30.5 Å². The Kier molecular flexibility index (Phi) is 3.74. The maximum atomic E-state index is 12.6. The van der Waals surface area contributed by atoms with E-state index in [2.05, 4.69) is 10.4 Å². The van der Waals surface area contributed by atoms with Gasteiger partial charge in [0.1, 0.15) is 5.82 Å². The Hall–Kier alpha value is -2.15. The highest BCUT2D eigenvalue weighted by molar-refractivity contribution is 7.10. The van der Waals surface area contributed by atoms with Crippen LogP contribution in [-0.2, 0) is 16.6 Å². The lowest BCUT2D eigenvalue weighted by Gasteiger charge is -2.23. The SMILES string of the molecule is Cc1cc(NC(=O)[C@H]2CC(=O)N(C)[C@@H]2c2cccs2)n(C)n1. The molecule has 2 atom stereocenters. The van der Waals surface area contributed by atoms with Crippen molar-refractivity contribution < 1.29 is 9.59 Å². The largest absolute Gasteiger partial charge is 0.337 e. The van der Waals surface area contributed by atoms with Crippen molar-refractivity contribution in [3.8, 4) is 0 Å². The molecule has 2 aromatic rings. The van der Waals surface area contributed by atoms with Crippen LogP contribution in [0.5, 0.6) is 0 Å². The first-order valence-electron chi connectivity index (χ1n) is 7.08.